The van der Waals surface area contributed by atoms with Gasteiger partial charge in [0, 0.05) is 43.3 Å². The summed E-state index contributed by atoms with van der Waals surface area (Å²) in [5.74, 6) is 0. The lowest BCUT2D eigenvalue weighted by Gasteiger charge is -2.20. The molecule has 0 radical (unpaired) electrons. The first-order valence-corrected chi connectivity index (χ1v) is 16.1. The van der Waals surface area contributed by atoms with Gasteiger partial charge >= 0.3 is 0 Å². The summed E-state index contributed by atoms with van der Waals surface area (Å²) in [6, 6.07) is 55.2. The van der Waals surface area contributed by atoms with Crippen LogP contribution in [0.15, 0.2) is 164 Å². The standard InChI is InChI=1S/C39H27N2OP/c42-43(30-16-6-2-7-17-30,31-18-8-3-9-19-31)32-26-24-28(25-27-32)38-39-37(33-20-10-12-22-35(33)40-38)34-21-11-13-23-36(34)41(39)29-14-4-1-5-15-29/h1-27H. The molecule has 0 N–H and O–H groups in total. The highest BCUT2D eigenvalue weighted by atomic mass is 31.2. The maximum absolute atomic E-state index is 15.0. The molecule has 0 atom stereocenters. The van der Waals surface area contributed by atoms with Gasteiger partial charge in [-0.3, -0.25) is 0 Å². The van der Waals surface area contributed by atoms with E-state index in [1.54, 1.807) is 0 Å². The average Bonchev–Trinajstić information content (AvgIpc) is 3.44. The van der Waals surface area contributed by atoms with Crippen LogP contribution in [0.2, 0.25) is 0 Å². The van der Waals surface area contributed by atoms with Crippen LogP contribution in [0, 0.1) is 0 Å². The van der Waals surface area contributed by atoms with E-state index in [2.05, 4.69) is 83.4 Å². The molecule has 0 bridgehead atoms. The number of benzene rings is 6. The van der Waals surface area contributed by atoms with Crippen LogP contribution in [-0.2, 0) is 4.57 Å². The molecule has 0 aliphatic rings. The van der Waals surface area contributed by atoms with E-state index in [1.807, 2.05) is 84.9 Å². The average molecular weight is 571 g/mol. The lowest BCUT2D eigenvalue weighted by atomic mass is 10.0. The van der Waals surface area contributed by atoms with E-state index in [-0.39, 0.29) is 0 Å². The molecule has 8 rings (SSSR count). The second kappa shape index (κ2) is 10.2. The molecule has 2 heterocycles. The number of aromatic nitrogens is 2. The van der Waals surface area contributed by atoms with Crippen molar-refractivity contribution >= 4 is 55.8 Å². The lowest BCUT2D eigenvalue weighted by molar-refractivity contribution is 0.592. The highest BCUT2D eigenvalue weighted by Crippen LogP contribution is 2.44. The van der Waals surface area contributed by atoms with E-state index in [1.165, 1.54) is 10.8 Å². The Labute approximate surface area is 250 Å². The van der Waals surface area contributed by atoms with Crippen molar-refractivity contribution in [3.63, 3.8) is 0 Å². The minimum atomic E-state index is -3.08. The van der Waals surface area contributed by atoms with Crippen molar-refractivity contribution in [1.29, 1.82) is 0 Å². The third kappa shape index (κ3) is 4.05. The van der Waals surface area contributed by atoms with Crippen LogP contribution in [0.25, 0.3) is 49.7 Å². The van der Waals surface area contributed by atoms with Crippen molar-refractivity contribution < 1.29 is 4.57 Å². The minimum absolute atomic E-state index is 0.800. The Balaban J connectivity index is 1.41. The smallest absolute Gasteiger partial charge is 0.171 e. The molecular weight excluding hydrogens is 543 g/mol. The van der Waals surface area contributed by atoms with Gasteiger partial charge in [0.05, 0.1) is 22.2 Å². The summed E-state index contributed by atoms with van der Waals surface area (Å²) in [6.07, 6.45) is 0. The highest BCUT2D eigenvalue weighted by Gasteiger charge is 2.30. The van der Waals surface area contributed by atoms with E-state index in [4.69, 9.17) is 4.98 Å². The highest BCUT2D eigenvalue weighted by molar-refractivity contribution is 7.85. The predicted octanol–water partition coefficient (Wildman–Crippen LogP) is 8.64. The summed E-state index contributed by atoms with van der Waals surface area (Å²) in [6.45, 7) is 0. The van der Waals surface area contributed by atoms with Gasteiger partial charge in [-0.2, -0.15) is 0 Å². The fourth-order valence-electron chi connectivity index (χ4n) is 6.29. The normalized spacial score (nSPS) is 11.8. The first-order valence-electron chi connectivity index (χ1n) is 14.4. The quantitative estimate of drug-likeness (QED) is 0.194. The van der Waals surface area contributed by atoms with Crippen molar-refractivity contribution in [2.45, 2.75) is 0 Å². The molecule has 0 aliphatic heterocycles. The number of pyridine rings is 1. The number of rotatable bonds is 5. The maximum atomic E-state index is 15.0. The monoisotopic (exact) mass is 570 g/mol. The fraction of sp³-hybridized carbons (Fsp3) is 0. The third-order valence-electron chi connectivity index (χ3n) is 8.26. The van der Waals surface area contributed by atoms with E-state index in [9.17, 15) is 4.57 Å². The Morgan fingerprint density at radius 3 is 1.65 bits per heavy atom. The van der Waals surface area contributed by atoms with Crippen LogP contribution in [0.5, 0.6) is 0 Å². The van der Waals surface area contributed by atoms with E-state index >= 15 is 0 Å². The van der Waals surface area contributed by atoms with Crippen molar-refractivity contribution in [2.24, 2.45) is 0 Å². The zero-order chi connectivity index (χ0) is 28.8. The number of hydrogen-bond donors (Lipinski definition) is 0. The van der Waals surface area contributed by atoms with Gasteiger partial charge in [0.1, 0.15) is 0 Å². The van der Waals surface area contributed by atoms with Crippen LogP contribution in [0.3, 0.4) is 0 Å². The van der Waals surface area contributed by atoms with Gasteiger partial charge in [-0.1, -0.05) is 140 Å². The largest absolute Gasteiger partial charge is 0.309 e. The van der Waals surface area contributed by atoms with Crippen LogP contribution in [0.1, 0.15) is 0 Å². The zero-order valence-corrected chi connectivity index (χ0v) is 24.2. The SMILES string of the molecule is O=P(c1ccccc1)(c1ccccc1)c1ccc(-c2nc3ccccc3c3c4ccccc4n(-c4ccccc4)c23)cc1. The maximum Gasteiger partial charge on any atom is 0.171 e. The van der Waals surface area contributed by atoms with E-state index in [0.717, 1.165) is 54.8 Å². The van der Waals surface area contributed by atoms with Gasteiger partial charge < -0.3 is 9.13 Å². The third-order valence-corrected chi connectivity index (χ3v) is 11.3. The Hall–Kier alpha value is -5.24. The van der Waals surface area contributed by atoms with Gasteiger partial charge in [-0.25, -0.2) is 4.98 Å². The van der Waals surface area contributed by atoms with Gasteiger partial charge in [0.2, 0.25) is 0 Å². The molecular formula is C39H27N2OP. The fourth-order valence-corrected chi connectivity index (χ4v) is 8.94. The number of nitrogens with zero attached hydrogens (tertiary/aromatic N) is 2. The molecule has 0 spiro atoms. The summed E-state index contributed by atoms with van der Waals surface area (Å²) in [5.41, 5.74) is 6.11. The first kappa shape index (κ1) is 25.5. The van der Waals surface area contributed by atoms with Crippen LogP contribution < -0.4 is 15.9 Å². The number of hydrogen-bond acceptors (Lipinski definition) is 2. The summed E-state index contributed by atoms with van der Waals surface area (Å²) < 4.78 is 17.3. The van der Waals surface area contributed by atoms with Gasteiger partial charge in [0.15, 0.2) is 7.14 Å². The molecule has 0 aliphatic carbocycles. The second-order valence-electron chi connectivity index (χ2n) is 10.7. The van der Waals surface area contributed by atoms with Gasteiger partial charge in [-0.05, 0) is 24.3 Å². The van der Waals surface area contributed by atoms with Crippen molar-refractivity contribution in [2.75, 3.05) is 0 Å². The lowest BCUT2D eigenvalue weighted by Crippen LogP contribution is -2.24. The molecule has 0 saturated carbocycles. The summed E-state index contributed by atoms with van der Waals surface area (Å²) in [5, 5.41) is 5.95. The molecule has 204 valence electrons. The number of para-hydroxylation sites is 3. The Morgan fingerprint density at radius 1 is 0.488 bits per heavy atom. The van der Waals surface area contributed by atoms with Crippen LogP contribution in [0.4, 0.5) is 0 Å². The minimum Gasteiger partial charge on any atom is -0.309 e. The van der Waals surface area contributed by atoms with Crippen molar-refractivity contribution in [3.05, 3.63) is 164 Å². The zero-order valence-electron chi connectivity index (χ0n) is 23.3. The molecule has 0 fully saturated rings. The first-order chi connectivity index (χ1) is 21.2. The van der Waals surface area contributed by atoms with Crippen molar-refractivity contribution in [1.82, 2.24) is 9.55 Å². The Bertz CT molecular complexity index is 2250. The molecule has 0 saturated heterocycles. The van der Waals surface area contributed by atoms with E-state index in [0.29, 0.717) is 0 Å². The molecule has 3 nitrogen and oxygen atoms in total. The molecule has 8 aromatic rings. The second-order valence-corrected chi connectivity index (χ2v) is 13.5. The molecule has 0 amide bonds. The molecule has 2 aromatic heterocycles. The Kier molecular flexibility index (Phi) is 6.06. The molecule has 6 aromatic carbocycles. The topological polar surface area (TPSA) is 34.9 Å². The summed E-state index contributed by atoms with van der Waals surface area (Å²) >= 11 is 0. The van der Waals surface area contributed by atoms with Gasteiger partial charge in [0.25, 0.3) is 0 Å². The summed E-state index contributed by atoms with van der Waals surface area (Å²) in [4.78, 5) is 5.27. The van der Waals surface area contributed by atoms with Crippen LogP contribution >= 0.6 is 7.14 Å². The van der Waals surface area contributed by atoms with Crippen LogP contribution in [-0.4, -0.2) is 9.55 Å². The summed E-state index contributed by atoms with van der Waals surface area (Å²) in [7, 11) is -3.08. The molecule has 43 heavy (non-hydrogen) atoms. The Morgan fingerprint density at radius 2 is 1.00 bits per heavy atom. The predicted molar refractivity (Wildman–Crippen MR) is 181 cm³/mol. The number of fused-ring (bicyclic) bond motifs is 5. The van der Waals surface area contributed by atoms with E-state index < -0.39 is 7.14 Å². The van der Waals surface area contributed by atoms with Crippen molar-refractivity contribution in [3.8, 4) is 16.9 Å². The molecule has 0 unspecified atom stereocenters. The van der Waals surface area contributed by atoms with Gasteiger partial charge in [-0.15, -0.1) is 0 Å². The molecule has 4 heteroatoms.